The van der Waals surface area contributed by atoms with Crippen molar-refractivity contribution in [3.63, 3.8) is 0 Å². The molecule has 1 unspecified atom stereocenters. The summed E-state index contributed by atoms with van der Waals surface area (Å²) in [6.07, 6.45) is 3.27. The predicted octanol–water partition coefficient (Wildman–Crippen LogP) is 4.31. The molecule has 3 rings (SSSR count). The van der Waals surface area contributed by atoms with Gasteiger partial charge in [-0.1, -0.05) is 17.7 Å². The minimum Gasteiger partial charge on any atom is -0.338 e. The summed E-state index contributed by atoms with van der Waals surface area (Å²) >= 11 is 9.37. The third-order valence-corrected chi connectivity index (χ3v) is 5.21. The van der Waals surface area contributed by atoms with Crippen LogP contribution in [0, 0.1) is 11.7 Å². The van der Waals surface area contributed by atoms with Gasteiger partial charge >= 0.3 is 6.03 Å². The smallest absolute Gasteiger partial charge is 0.319 e. The van der Waals surface area contributed by atoms with E-state index in [1.807, 2.05) is 0 Å². The molecule has 0 spiro atoms. The Hall–Kier alpha value is -2.19. The normalized spacial score (nSPS) is 16.5. The highest BCUT2D eigenvalue weighted by atomic mass is 79.9. The molecule has 2 heterocycles. The number of carbonyl (C=O) groups is 2. The Morgan fingerprint density at radius 1 is 1.36 bits per heavy atom. The molecule has 1 aliphatic rings. The van der Waals surface area contributed by atoms with Gasteiger partial charge in [-0.2, -0.15) is 0 Å². The van der Waals surface area contributed by atoms with Crippen LogP contribution in [-0.4, -0.2) is 41.5 Å². The molecule has 1 fully saturated rings. The Balaban J connectivity index is 1.54. The van der Waals surface area contributed by atoms with Crippen molar-refractivity contribution in [2.75, 3.05) is 25.0 Å². The Morgan fingerprint density at radius 3 is 2.96 bits per heavy atom. The SMILES string of the molecule is O=C(NCC1CCCN(C(=O)c2cc(Br)cnc2Cl)C1)Nc1cccc(F)c1. The minimum atomic E-state index is -0.417. The minimum absolute atomic E-state index is 0.120. The van der Waals surface area contributed by atoms with Crippen molar-refractivity contribution in [3.05, 3.63) is 57.5 Å². The largest absolute Gasteiger partial charge is 0.338 e. The van der Waals surface area contributed by atoms with E-state index in [1.54, 1.807) is 23.2 Å². The summed E-state index contributed by atoms with van der Waals surface area (Å²) in [5.74, 6) is -0.470. The standard InChI is InChI=1S/C19H19BrClFN4O2/c20-13-7-16(17(21)23-10-13)18(27)26-6-2-3-12(11-26)9-24-19(28)25-15-5-1-4-14(22)8-15/h1,4-5,7-8,10,12H,2-3,6,9,11H2,(H2,24,25,28). The van der Waals surface area contributed by atoms with Gasteiger partial charge in [0.25, 0.3) is 5.91 Å². The van der Waals surface area contributed by atoms with Gasteiger partial charge in [0, 0.05) is 36.0 Å². The van der Waals surface area contributed by atoms with Crippen molar-refractivity contribution in [1.82, 2.24) is 15.2 Å². The number of amides is 3. The second kappa shape index (κ2) is 9.34. The average molecular weight is 470 g/mol. The first-order valence-electron chi connectivity index (χ1n) is 8.83. The molecule has 148 valence electrons. The van der Waals surface area contributed by atoms with E-state index in [4.69, 9.17) is 11.6 Å². The van der Waals surface area contributed by atoms with Gasteiger partial charge in [0.15, 0.2) is 0 Å². The van der Waals surface area contributed by atoms with Crippen LogP contribution in [0.5, 0.6) is 0 Å². The summed E-state index contributed by atoms with van der Waals surface area (Å²) in [5, 5.41) is 5.55. The highest BCUT2D eigenvalue weighted by Crippen LogP contribution is 2.23. The average Bonchev–Trinajstić information content (AvgIpc) is 2.68. The number of rotatable bonds is 4. The number of anilines is 1. The fourth-order valence-corrected chi connectivity index (χ4v) is 3.65. The fraction of sp³-hybridized carbons (Fsp3) is 0.316. The third-order valence-electron chi connectivity index (χ3n) is 4.48. The van der Waals surface area contributed by atoms with E-state index < -0.39 is 11.8 Å². The van der Waals surface area contributed by atoms with Crippen LogP contribution >= 0.6 is 27.5 Å². The summed E-state index contributed by atoms with van der Waals surface area (Å²) < 4.78 is 13.9. The van der Waals surface area contributed by atoms with E-state index >= 15 is 0 Å². The van der Waals surface area contributed by atoms with Crippen LogP contribution in [0.1, 0.15) is 23.2 Å². The van der Waals surface area contributed by atoms with Crippen molar-refractivity contribution < 1.29 is 14.0 Å². The zero-order valence-electron chi connectivity index (χ0n) is 14.9. The number of aromatic nitrogens is 1. The van der Waals surface area contributed by atoms with Crippen LogP contribution in [0.4, 0.5) is 14.9 Å². The molecule has 0 radical (unpaired) electrons. The molecule has 1 aromatic heterocycles. The number of piperidine rings is 1. The van der Waals surface area contributed by atoms with Gasteiger partial charge in [-0.3, -0.25) is 4.79 Å². The molecule has 0 aliphatic carbocycles. The lowest BCUT2D eigenvalue weighted by Gasteiger charge is -2.33. The van der Waals surface area contributed by atoms with Gasteiger partial charge < -0.3 is 15.5 Å². The maximum Gasteiger partial charge on any atom is 0.319 e. The highest BCUT2D eigenvalue weighted by molar-refractivity contribution is 9.10. The van der Waals surface area contributed by atoms with Gasteiger partial charge in [0.2, 0.25) is 0 Å². The third kappa shape index (κ3) is 5.42. The van der Waals surface area contributed by atoms with Gasteiger partial charge in [-0.15, -0.1) is 0 Å². The van der Waals surface area contributed by atoms with Gasteiger partial charge in [-0.25, -0.2) is 14.2 Å². The van der Waals surface area contributed by atoms with Crippen LogP contribution in [-0.2, 0) is 0 Å². The molecule has 1 atom stereocenters. The molecule has 2 N–H and O–H groups in total. The van der Waals surface area contributed by atoms with E-state index in [9.17, 15) is 14.0 Å². The molecule has 1 saturated heterocycles. The van der Waals surface area contributed by atoms with Gasteiger partial charge in [0.05, 0.1) is 5.56 Å². The fourth-order valence-electron chi connectivity index (χ4n) is 3.14. The molecule has 9 heteroatoms. The summed E-state index contributed by atoms with van der Waals surface area (Å²) in [6.45, 7) is 1.56. The molecular weight excluding hydrogens is 451 g/mol. The number of nitrogens with zero attached hydrogens (tertiary/aromatic N) is 2. The maximum absolute atomic E-state index is 13.2. The summed E-state index contributed by atoms with van der Waals surface area (Å²) in [4.78, 5) is 30.5. The number of likely N-dealkylation sites (tertiary alicyclic amines) is 1. The Bertz CT molecular complexity index is 883. The Morgan fingerprint density at radius 2 is 2.18 bits per heavy atom. The predicted molar refractivity (Wildman–Crippen MR) is 109 cm³/mol. The monoisotopic (exact) mass is 468 g/mol. The second-order valence-corrected chi connectivity index (χ2v) is 7.87. The molecule has 1 aromatic carbocycles. The van der Waals surface area contributed by atoms with Gasteiger partial charge in [-0.05, 0) is 59.0 Å². The van der Waals surface area contributed by atoms with Crippen LogP contribution in [0.25, 0.3) is 0 Å². The van der Waals surface area contributed by atoms with Crippen molar-refractivity contribution >= 4 is 45.2 Å². The molecule has 0 bridgehead atoms. The molecule has 28 heavy (non-hydrogen) atoms. The Kier molecular flexibility index (Phi) is 6.85. The van der Waals surface area contributed by atoms with Crippen molar-refractivity contribution in [2.45, 2.75) is 12.8 Å². The van der Waals surface area contributed by atoms with Crippen molar-refractivity contribution in [1.29, 1.82) is 0 Å². The lowest BCUT2D eigenvalue weighted by molar-refractivity contribution is 0.0675. The molecule has 6 nitrogen and oxygen atoms in total. The quantitative estimate of drug-likeness (QED) is 0.655. The van der Waals surface area contributed by atoms with Gasteiger partial charge in [0.1, 0.15) is 11.0 Å². The summed E-state index contributed by atoms with van der Waals surface area (Å²) in [5.41, 5.74) is 0.739. The summed E-state index contributed by atoms with van der Waals surface area (Å²) in [7, 11) is 0. The molecule has 2 aromatic rings. The van der Waals surface area contributed by atoms with Crippen LogP contribution in [0.3, 0.4) is 0 Å². The summed E-state index contributed by atoms with van der Waals surface area (Å²) in [6, 6.07) is 6.94. The molecule has 1 aliphatic heterocycles. The van der Waals surface area contributed by atoms with Crippen LogP contribution < -0.4 is 10.6 Å². The zero-order chi connectivity index (χ0) is 20.1. The number of urea groups is 1. The van der Waals surface area contributed by atoms with E-state index in [0.29, 0.717) is 35.4 Å². The topological polar surface area (TPSA) is 74.3 Å². The Labute approximate surface area is 175 Å². The number of benzene rings is 1. The first-order valence-corrected chi connectivity index (χ1v) is 10.00. The number of nitrogens with one attached hydrogen (secondary N) is 2. The molecule has 3 amide bonds. The molecule has 0 saturated carbocycles. The van der Waals surface area contributed by atoms with E-state index in [-0.39, 0.29) is 17.0 Å². The number of hydrogen-bond acceptors (Lipinski definition) is 3. The first-order chi connectivity index (χ1) is 13.4. The van der Waals surface area contributed by atoms with E-state index in [1.165, 1.54) is 18.2 Å². The number of pyridine rings is 1. The van der Waals surface area contributed by atoms with Crippen LogP contribution in [0.2, 0.25) is 5.15 Å². The molecular formula is C19H19BrClFN4O2. The highest BCUT2D eigenvalue weighted by Gasteiger charge is 2.26. The van der Waals surface area contributed by atoms with E-state index in [0.717, 1.165) is 12.8 Å². The second-order valence-electron chi connectivity index (χ2n) is 6.60. The maximum atomic E-state index is 13.2. The van der Waals surface area contributed by atoms with E-state index in [2.05, 4.69) is 31.5 Å². The number of halogens is 3. The first kappa shape index (κ1) is 20.5. The zero-order valence-corrected chi connectivity index (χ0v) is 17.3. The van der Waals surface area contributed by atoms with Crippen LogP contribution in [0.15, 0.2) is 41.0 Å². The number of hydrogen-bond donors (Lipinski definition) is 2. The lowest BCUT2D eigenvalue weighted by Crippen LogP contribution is -2.44. The lowest BCUT2D eigenvalue weighted by atomic mass is 9.97. The number of carbonyl (C=O) groups excluding carboxylic acids is 2. The van der Waals surface area contributed by atoms with Crippen molar-refractivity contribution in [2.24, 2.45) is 5.92 Å². The van der Waals surface area contributed by atoms with Crippen molar-refractivity contribution in [3.8, 4) is 0 Å².